The van der Waals surface area contributed by atoms with Crippen LogP contribution in [-0.2, 0) is 31.9 Å². The first-order valence-corrected chi connectivity index (χ1v) is 11.2. The van der Waals surface area contributed by atoms with Gasteiger partial charge in [-0.05, 0) is 52.7 Å². The van der Waals surface area contributed by atoms with Gasteiger partial charge in [-0.15, -0.1) is 0 Å². The van der Waals surface area contributed by atoms with E-state index < -0.39 is 23.1 Å². The van der Waals surface area contributed by atoms with Crippen LogP contribution in [0.15, 0.2) is 72.8 Å². The summed E-state index contributed by atoms with van der Waals surface area (Å²) in [5.41, 5.74) is 2.39. The number of benzene rings is 2. The average Bonchev–Trinajstić information content (AvgIpc) is 2.73. The molecule has 0 amide bonds. The van der Waals surface area contributed by atoms with Gasteiger partial charge in [-0.25, -0.2) is 9.59 Å². The van der Waals surface area contributed by atoms with Gasteiger partial charge in [0.05, 0.1) is 0 Å². The summed E-state index contributed by atoms with van der Waals surface area (Å²) in [6.07, 6.45) is 1.03. The van der Waals surface area contributed by atoms with Gasteiger partial charge < -0.3 is 9.47 Å². The van der Waals surface area contributed by atoms with Crippen molar-refractivity contribution >= 4 is 17.7 Å². The Kier molecular flexibility index (Phi) is 8.38. The molecule has 2 aromatic rings. The lowest BCUT2D eigenvalue weighted by molar-refractivity contribution is -0.152. The summed E-state index contributed by atoms with van der Waals surface area (Å²) in [6.45, 7) is 17.8. The van der Waals surface area contributed by atoms with Crippen molar-refractivity contribution < 1.29 is 23.9 Å². The third-order valence-corrected chi connectivity index (χ3v) is 5.13. The largest absolute Gasteiger partial charge is 0.456 e. The lowest BCUT2D eigenvalue weighted by atomic mass is 9.94. The minimum Gasteiger partial charge on any atom is -0.456 e. The molecule has 34 heavy (non-hydrogen) atoms. The van der Waals surface area contributed by atoms with Crippen LogP contribution in [0.25, 0.3) is 0 Å². The van der Waals surface area contributed by atoms with Crippen LogP contribution in [0.1, 0.15) is 68.6 Å². The fraction of sp³-hybridized carbons (Fsp3) is 0.345. The maximum Gasteiger partial charge on any atom is 0.333 e. The third kappa shape index (κ3) is 7.84. The maximum atomic E-state index is 12.9. The molecule has 0 aliphatic heterocycles. The molecule has 5 nitrogen and oxygen atoms in total. The van der Waals surface area contributed by atoms with E-state index in [2.05, 4.69) is 13.2 Å². The van der Waals surface area contributed by atoms with Gasteiger partial charge >= 0.3 is 11.9 Å². The Balaban J connectivity index is 2.04. The second-order valence-corrected chi connectivity index (χ2v) is 9.94. The van der Waals surface area contributed by atoms with Gasteiger partial charge in [0.1, 0.15) is 11.2 Å². The number of hydrogen-bond donors (Lipinski definition) is 0. The molecule has 0 bridgehead atoms. The lowest BCUT2D eigenvalue weighted by Gasteiger charge is -2.25. The molecule has 2 aromatic carbocycles. The van der Waals surface area contributed by atoms with E-state index in [1.807, 2.05) is 52.0 Å². The Hall–Kier alpha value is -3.47. The van der Waals surface area contributed by atoms with Gasteiger partial charge in [0.25, 0.3) is 0 Å². The summed E-state index contributed by atoms with van der Waals surface area (Å²) in [4.78, 5) is 36.6. The molecule has 0 aromatic heterocycles. The van der Waals surface area contributed by atoms with Gasteiger partial charge in [0, 0.05) is 35.1 Å². The number of esters is 2. The monoisotopic (exact) mass is 462 g/mol. The number of ether oxygens (including phenoxy) is 2. The predicted octanol–water partition coefficient (Wildman–Crippen LogP) is 5.80. The van der Waals surface area contributed by atoms with E-state index in [4.69, 9.17) is 9.47 Å². The Morgan fingerprint density at radius 3 is 1.21 bits per heavy atom. The number of carbonyl (C=O) groups excluding carboxylic acids is 3. The van der Waals surface area contributed by atoms with Crippen molar-refractivity contribution in [3.63, 3.8) is 0 Å². The van der Waals surface area contributed by atoms with E-state index in [9.17, 15) is 14.4 Å². The molecule has 0 N–H and O–H groups in total. The first-order chi connectivity index (χ1) is 15.7. The van der Waals surface area contributed by atoms with Crippen molar-refractivity contribution in [2.45, 2.75) is 65.6 Å². The summed E-state index contributed by atoms with van der Waals surface area (Å²) in [5, 5.41) is 0. The number of hydrogen-bond acceptors (Lipinski definition) is 5. The van der Waals surface area contributed by atoms with Crippen molar-refractivity contribution in [2.75, 3.05) is 0 Å². The molecular formula is C29H34O5. The second-order valence-electron chi connectivity index (χ2n) is 9.94. The zero-order valence-corrected chi connectivity index (χ0v) is 21.0. The Bertz CT molecular complexity index is 999. The van der Waals surface area contributed by atoms with Crippen LogP contribution in [0.2, 0.25) is 0 Å². The number of ketones is 1. The van der Waals surface area contributed by atoms with Crippen LogP contribution in [0, 0.1) is 0 Å². The molecule has 2 rings (SSSR count). The van der Waals surface area contributed by atoms with Crippen LogP contribution in [0.5, 0.6) is 0 Å². The summed E-state index contributed by atoms with van der Waals surface area (Å²) in [7, 11) is 0. The minimum atomic E-state index is -0.691. The molecule has 0 fully saturated rings. The van der Waals surface area contributed by atoms with Crippen LogP contribution in [0.4, 0.5) is 0 Å². The normalized spacial score (nSPS) is 11.5. The lowest BCUT2D eigenvalue weighted by Crippen LogP contribution is -2.30. The molecule has 180 valence electrons. The standard InChI is InChI=1S/C29H34O5/c1-19(2)26(31)33-28(5,6)17-21-9-13-23(14-10-21)25(30)24-15-11-22(12-16-24)18-29(7,8)34-27(32)20(3)4/h9-16H,1,3,17-18H2,2,4-8H3. The van der Waals surface area contributed by atoms with Crippen molar-refractivity contribution in [1.29, 1.82) is 0 Å². The molecule has 0 heterocycles. The first-order valence-electron chi connectivity index (χ1n) is 11.2. The van der Waals surface area contributed by atoms with E-state index in [0.717, 1.165) is 11.1 Å². The van der Waals surface area contributed by atoms with Crippen LogP contribution in [0.3, 0.4) is 0 Å². The van der Waals surface area contributed by atoms with Gasteiger partial charge in [0.2, 0.25) is 0 Å². The van der Waals surface area contributed by atoms with E-state index in [1.165, 1.54) is 0 Å². The molecule has 0 radical (unpaired) electrons. The highest BCUT2D eigenvalue weighted by Crippen LogP contribution is 2.22. The van der Waals surface area contributed by atoms with Crippen molar-refractivity contribution in [1.82, 2.24) is 0 Å². The molecule has 5 heteroatoms. The highest BCUT2D eigenvalue weighted by atomic mass is 16.6. The van der Waals surface area contributed by atoms with Crippen LogP contribution in [-0.4, -0.2) is 28.9 Å². The fourth-order valence-corrected chi connectivity index (χ4v) is 3.45. The molecule has 0 atom stereocenters. The predicted molar refractivity (Wildman–Crippen MR) is 134 cm³/mol. The summed E-state index contributed by atoms with van der Waals surface area (Å²) < 4.78 is 11.0. The topological polar surface area (TPSA) is 69.7 Å². The first kappa shape index (κ1) is 26.8. The third-order valence-electron chi connectivity index (χ3n) is 5.13. The summed E-state index contributed by atoms with van der Waals surface area (Å²) in [6, 6.07) is 14.6. The summed E-state index contributed by atoms with van der Waals surface area (Å²) in [5.74, 6) is -0.922. The molecule has 0 spiro atoms. The molecule has 0 aliphatic carbocycles. The highest BCUT2D eigenvalue weighted by molar-refractivity contribution is 6.09. The van der Waals surface area contributed by atoms with E-state index >= 15 is 0 Å². The smallest absolute Gasteiger partial charge is 0.333 e. The Labute approximate surface area is 202 Å². The van der Waals surface area contributed by atoms with E-state index in [0.29, 0.717) is 35.1 Å². The highest BCUT2D eigenvalue weighted by Gasteiger charge is 2.25. The van der Waals surface area contributed by atoms with Crippen molar-refractivity contribution in [3.8, 4) is 0 Å². The molecular weight excluding hydrogens is 428 g/mol. The average molecular weight is 463 g/mol. The molecule has 0 saturated carbocycles. The van der Waals surface area contributed by atoms with Gasteiger partial charge in [-0.2, -0.15) is 0 Å². The SMILES string of the molecule is C=C(C)C(=O)OC(C)(C)Cc1ccc(C(=O)c2ccc(CC(C)(C)OC(=O)C(=C)C)cc2)cc1. The fourth-order valence-electron chi connectivity index (χ4n) is 3.45. The molecule has 0 unspecified atom stereocenters. The molecule has 0 aliphatic rings. The zero-order valence-electron chi connectivity index (χ0n) is 21.0. The zero-order chi connectivity index (χ0) is 25.7. The maximum absolute atomic E-state index is 12.9. The summed E-state index contributed by atoms with van der Waals surface area (Å²) >= 11 is 0. The minimum absolute atomic E-state index is 0.0842. The molecule has 0 saturated heterocycles. The van der Waals surface area contributed by atoms with Crippen molar-refractivity contribution in [2.24, 2.45) is 0 Å². The van der Waals surface area contributed by atoms with Crippen molar-refractivity contribution in [3.05, 3.63) is 95.1 Å². The van der Waals surface area contributed by atoms with E-state index in [1.54, 1.807) is 38.1 Å². The van der Waals surface area contributed by atoms with Crippen LogP contribution < -0.4 is 0 Å². The number of rotatable bonds is 10. The quantitative estimate of drug-likeness (QED) is 0.254. The number of carbonyl (C=O) groups is 3. The van der Waals surface area contributed by atoms with E-state index in [-0.39, 0.29) is 5.78 Å². The Morgan fingerprint density at radius 2 is 0.941 bits per heavy atom. The second kappa shape index (κ2) is 10.6. The van der Waals surface area contributed by atoms with Gasteiger partial charge in [0.15, 0.2) is 5.78 Å². The van der Waals surface area contributed by atoms with Crippen LogP contribution >= 0.6 is 0 Å². The van der Waals surface area contributed by atoms with Gasteiger partial charge in [-0.1, -0.05) is 61.7 Å². The Morgan fingerprint density at radius 1 is 0.647 bits per heavy atom. The van der Waals surface area contributed by atoms with Gasteiger partial charge in [-0.3, -0.25) is 4.79 Å².